The Morgan fingerprint density at radius 2 is 2.17 bits per heavy atom. The van der Waals surface area contributed by atoms with Gasteiger partial charge in [-0.3, -0.25) is 4.79 Å². The molecule has 1 saturated heterocycles. The van der Waals surface area contributed by atoms with Crippen molar-refractivity contribution in [3.05, 3.63) is 21.2 Å². The van der Waals surface area contributed by atoms with Crippen LogP contribution in [0.5, 0.6) is 0 Å². The summed E-state index contributed by atoms with van der Waals surface area (Å²) in [5, 5.41) is 5.18. The molecular formula is C15H19N3O3S3. The summed E-state index contributed by atoms with van der Waals surface area (Å²) in [7, 11) is -3.37. The summed E-state index contributed by atoms with van der Waals surface area (Å²) in [4.78, 5) is 19.3. The molecule has 1 atom stereocenters. The van der Waals surface area contributed by atoms with Crippen molar-refractivity contribution >= 4 is 43.7 Å². The lowest BCUT2D eigenvalue weighted by atomic mass is 10.2. The number of carbonyl (C=O) groups is 1. The van der Waals surface area contributed by atoms with Gasteiger partial charge >= 0.3 is 0 Å². The van der Waals surface area contributed by atoms with Crippen LogP contribution < -0.4 is 5.32 Å². The second kappa shape index (κ2) is 6.55. The van der Waals surface area contributed by atoms with Gasteiger partial charge in [0.25, 0.3) is 0 Å². The van der Waals surface area contributed by atoms with Crippen LogP contribution in [0.15, 0.2) is 11.4 Å². The summed E-state index contributed by atoms with van der Waals surface area (Å²) in [5.74, 6) is -0.308. The quantitative estimate of drug-likeness (QED) is 0.878. The summed E-state index contributed by atoms with van der Waals surface area (Å²) in [6, 6.07) is 1.45. The number of rotatable bonds is 4. The van der Waals surface area contributed by atoms with Crippen LogP contribution in [0.1, 0.15) is 22.6 Å². The lowest BCUT2D eigenvalue weighted by molar-refractivity contribution is -0.119. The lowest BCUT2D eigenvalue weighted by Crippen LogP contribution is -2.42. The minimum absolute atomic E-state index is 0.308. The van der Waals surface area contributed by atoms with E-state index in [0.717, 1.165) is 17.5 Å². The molecule has 130 valence electrons. The van der Waals surface area contributed by atoms with Gasteiger partial charge in [-0.1, -0.05) is 0 Å². The number of sulfonamides is 1. The third-order valence-corrected chi connectivity index (χ3v) is 7.00. The molecule has 9 heteroatoms. The SMILES string of the molecule is Cc1cc(-c2csc(NC(=O)C3CCCN3S(C)(=O)=O)n2)c(C)s1. The average Bonchev–Trinajstić information content (AvgIpc) is 3.17. The fourth-order valence-corrected chi connectivity index (χ4v) is 5.70. The Kier molecular flexibility index (Phi) is 4.78. The molecule has 1 N–H and O–H groups in total. The van der Waals surface area contributed by atoms with Gasteiger partial charge in [0.2, 0.25) is 15.9 Å². The number of nitrogens with zero attached hydrogens (tertiary/aromatic N) is 2. The van der Waals surface area contributed by atoms with Crippen molar-refractivity contribution in [2.45, 2.75) is 32.7 Å². The van der Waals surface area contributed by atoms with Crippen LogP contribution in [0.3, 0.4) is 0 Å². The van der Waals surface area contributed by atoms with E-state index in [1.807, 2.05) is 12.3 Å². The number of aryl methyl sites for hydroxylation is 2. The molecule has 2 aromatic heterocycles. The average molecular weight is 386 g/mol. The summed E-state index contributed by atoms with van der Waals surface area (Å²) in [6.45, 7) is 4.50. The molecule has 1 fully saturated rings. The maximum Gasteiger partial charge on any atom is 0.244 e. The van der Waals surface area contributed by atoms with Gasteiger partial charge in [0.1, 0.15) is 6.04 Å². The molecule has 2 aromatic rings. The molecule has 0 radical (unpaired) electrons. The van der Waals surface area contributed by atoms with Gasteiger partial charge in [0.05, 0.1) is 11.9 Å². The Labute approximate surface area is 149 Å². The Morgan fingerprint density at radius 3 is 2.79 bits per heavy atom. The summed E-state index contributed by atoms with van der Waals surface area (Å²) in [5.41, 5.74) is 1.91. The first-order valence-electron chi connectivity index (χ1n) is 7.56. The third kappa shape index (κ3) is 3.53. The minimum Gasteiger partial charge on any atom is -0.301 e. The topological polar surface area (TPSA) is 79.4 Å². The van der Waals surface area contributed by atoms with E-state index in [1.165, 1.54) is 25.4 Å². The molecule has 0 aliphatic carbocycles. The number of amides is 1. The largest absolute Gasteiger partial charge is 0.301 e. The molecule has 1 aliphatic heterocycles. The zero-order chi connectivity index (χ0) is 17.5. The molecule has 1 aliphatic rings. The van der Waals surface area contributed by atoms with E-state index in [-0.39, 0.29) is 5.91 Å². The van der Waals surface area contributed by atoms with Crippen molar-refractivity contribution in [3.8, 4) is 11.3 Å². The van der Waals surface area contributed by atoms with Crippen LogP contribution in [-0.2, 0) is 14.8 Å². The highest BCUT2D eigenvalue weighted by molar-refractivity contribution is 7.88. The van der Waals surface area contributed by atoms with E-state index in [1.54, 1.807) is 11.3 Å². The molecule has 3 heterocycles. The Hall–Kier alpha value is -1.29. The number of hydrogen-bond donors (Lipinski definition) is 1. The van der Waals surface area contributed by atoms with Crippen LogP contribution in [0, 0.1) is 13.8 Å². The van der Waals surface area contributed by atoms with Crippen LogP contribution in [-0.4, -0.2) is 42.5 Å². The van der Waals surface area contributed by atoms with Crippen molar-refractivity contribution in [1.29, 1.82) is 0 Å². The van der Waals surface area contributed by atoms with Crippen LogP contribution >= 0.6 is 22.7 Å². The Morgan fingerprint density at radius 1 is 1.42 bits per heavy atom. The van der Waals surface area contributed by atoms with Crippen molar-refractivity contribution in [3.63, 3.8) is 0 Å². The fraction of sp³-hybridized carbons (Fsp3) is 0.467. The zero-order valence-electron chi connectivity index (χ0n) is 13.7. The van der Waals surface area contributed by atoms with Crippen LogP contribution in [0.25, 0.3) is 11.3 Å². The summed E-state index contributed by atoms with van der Waals surface area (Å²) < 4.78 is 24.8. The second-order valence-electron chi connectivity index (χ2n) is 5.89. The lowest BCUT2D eigenvalue weighted by Gasteiger charge is -2.20. The zero-order valence-corrected chi connectivity index (χ0v) is 16.1. The van der Waals surface area contributed by atoms with E-state index in [2.05, 4.69) is 23.3 Å². The van der Waals surface area contributed by atoms with E-state index >= 15 is 0 Å². The van der Waals surface area contributed by atoms with Crippen molar-refractivity contribution < 1.29 is 13.2 Å². The standard InChI is InChI=1S/C15H19N3O3S3/c1-9-7-11(10(2)23-9)12-8-22-15(16-12)17-14(19)13-5-4-6-18(13)24(3,20)21/h7-8,13H,4-6H2,1-3H3,(H,16,17,19). The van der Waals surface area contributed by atoms with Gasteiger partial charge in [0, 0.05) is 27.2 Å². The Bertz CT molecular complexity index is 870. The van der Waals surface area contributed by atoms with E-state index in [9.17, 15) is 13.2 Å². The predicted molar refractivity (Wildman–Crippen MR) is 98.1 cm³/mol. The first-order chi connectivity index (χ1) is 11.3. The molecule has 1 unspecified atom stereocenters. The number of thiophene rings is 1. The van der Waals surface area contributed by atoms with E-state index in [4.69, 9.17) is 0 Å². The third-order valence-electron chi connectivity index (χ3n) is 3.98. The molecule has 24 heavy (non-hydrogen) atoms. The molecule has 0 spiro atoms. The first-order valence-corrected chi connectivity index (χ1v) is 11.1. The van der Waals surface area contributed by atoms with Crippen molar-refractivity contribution in [2.24, 2.45) is 0 Å². The highest BCUT2D eigenvalue weighted by Gasteiger charge is 2.36. The second-order valence-corrected chi connectivity index (χ2v) is 10.1. The van der Waals surface area contributed by atoms with Gasteiger partial charge in [0.15, 0.2) is 5.13 Å². The van der Waals surface area contributed by atoms with Gasteiger partial charge in [-0.25, -0.2) is 13.4 Å². The molecular weight excluding hydrogens is 366 g/mol. The first kappa shape index (κ1) is 17.5. The monoisotopic (exact) mass is 385 g/mol. The molecule has 1 amide bonds. The van der Waals surface area contributed by atoms with Crippen LogP contribution in [0.4, 0.5) is 5.13 Å². The Balaban J connectivity index is 1.75. The van der Waals surface area contributed by atoms with Gasteiger partial charge in [-0.2, -0.15) is 4.31 Å². The maximum absolute atomic E-state index is 12.4. The van der Waals surface area contributed by atoms with Gasteiger partial charge in [-0.15, -0.1) is 22.7 Å². The number of thiazole rings is 1. The van der Waals surface area contributed by atoms with Gasteiger partial charge < -0.3 is 5.32 Å². The van der Waals surface area contributed by atoms with Gasteiger partial charge in [-0.05, 0) is 32.8 Å². The maximum atomic E-state index is 12.4. The highest BCUT2D eigenvalue weighted by Crippen LogP contribution is 2.33. The number of hydrogen-bond acceptors (Lipinski definition) is 6. The number of anilines is 1. The molecule has 3 rings (SSSR count). The number of nitrogens with one attached hydrogen (secondary N) is 1. The molecule has 6 nitrogen and oxygen atoms in total. The highest BCUT2D eigenvalue weighted by atomic mass is 32.2. The van der Waals surface area contributed by atoms with Crippen molar-refractivity contribution in [2.75, 3.05) is 18.1 Å². The number of carbonyl (C=O) groups excluding carboxylic acids is 1. The van der Waals surface area contributed by atoms with E-state index in [0.29, 0.717) is 24.5 Å². The minimum atomic E-state index is -3.37. The molecule has 0 aromatic carbocycles. The predicted octanol–water partition coefficient (Wildman–Crippen LogP) is 2.85. The normalized spacial score (nSPS) is 18.9. The summed E-state index contributed by atoms with van der Waals surface area (Å²) >= 11 is 3.07. The van der Waals surface area contributed by atoms with Crippen molar-refractivity contribution in [1.82, 2.24) is 9.29 Å². The summed E-state index contributed by atoms with van der Waals surface area (Å²) in [6.07, 6.45) is 2.38. The smallest absolute Gasteiger partial charge is 0.244 e. The molecule has 0 bridgehead atoms. The van der Waals surface area contributed by atoms with Crippen LogP contribution in [0.2, 0.25) is 0 Å². The number of aromatic nitrogens is 1. The fourth-order valence-electron chi connectivity index (χ4n) is 2.93. The molecule has 0 saturated carbocycles. The van der Waals surface area contributed by atoms with E-state index < -0.39 is 16.1 Å².